The Labute approximate surface area is 183 Å². The summed E-state index contributed by atoms with van der Waals surface area (Å²) in [6, 6.07) is 10.9. The van der Waals surface area contributed by atoms with Gasteiger partial charge in [-0.2, -0.15) is 0 Å². The van der Waals surface area contributed by atoms with Gasteiger partial charge < -0.3 is 9.17 Å². The summed E-state index contributed by atoms with van der Waals surface area (Å²) in [5.41, 5.74) is 6.05. The molecule has 27 heavy (non-hydrogen) atoms. The van der Waals surface area contributed by atoms with E-state index in [1.165, 1.54) is 76.2 Å². The Balaban J connectivity index is 0.00000153. The van der Waals surface area contributed by atoms with Crippen molar-refractivity contribution in [3.8, 4) is 0 Å². The van der Waals surface area contributed by atoms with E-state index >= 15 is 0 Å². The second-order valence-corrected chi connectivity index (χ2v) is 9.59. The van der Waals surface area contributed by atoms with Crippen LogP contribution in [0.3, 0.4) is 0 Å². The van der Waals surface area contributed by atoms with Crippen LogP contribution in [0.25, 0.3) is 0 Å². The Kier molecular flexibility index (Phi) is 18.2. The van der Waals surface area contributed by atoms with Gasteiger partial charge in [-0.1, -0.05) is 95.0 Å². The maximum absolute atomic E-state index is 9.05. The summed E-state index contributed by atoms with van der Waals surface area (Å²) in [7, 11) is 0. The molecule has 1 rings (SSSR count). The van der Waals surface area contributed by atoms with Gasteiger partial charge in [-0.05, 0) is 34.9 Å². The Bertz CT molecular complexity index is 424. The van der Waals surface area contributed by atoms with Crippen molar-refractivity contribution in [2.75, 3.05) is 0 Å². The molecule has 5 heteroatoms. The van der Waals surface area contributed by atoms with Gasteiger partial charge in [-0.3, -0.25) is 0 Å². The third kappa shape index (κ3) is 16.8. The highest BCUT2D eigenvalue weighted by molar-refractivity contribution is 6.06. The standard InChI is InChI=1S/C22H39N.ClIO2/c1-4-5-6-7-8-9-10-11-15-18-21(22(2,3)23)19-20-16-13-12-14-17-20;1-4-2-3/h12-14,16-17,21H,4-11,15,18-19,23H2,1-3H3;/p+1. The highest BCUT2D eigenvalue weighted by Crippen LogP contribution is 2.24. The van der Waals surface area contributed by atoms with Gasteiger partial charge in [0, 0.05) is 5.92 Å². The van der Waals surface area contributed by atoms with Crippen LogP contribution in [-0.2, 0) is 9.04 Å². The number of unbranched alkanes of at least 4 members (excludes halogenated alkanes) is 8. The summed E-state index contributed by atoms with van der Waals surface area (Å²) in [6.45, 7) is 6.89. The summed E-state index contributed by atoms with van der Waals surface area (Å²) in [5, 5.41) is 0. The van der Waals surface area contributed by atoms with Crippen molar-refractivity contribution >= 4 is 11.9 Å². The summed E-state index contributed by atoms with van der Waals surface area (Å²) in [5.74, 6) is 0.689. The number of benzene rings is 1. The number of quaternary nitrogens is 1. The van der Waals surface area contributed by atoms with Crippen LogP contribution in [0.1, 0.15) is 90.5 Å². The fraction of sp³-hybridized carbons (Fsp3) is 0.727. The molecule has 0 fully saturated rings. The van der Waals surface area contributed by atoms with Crippen LogP contribution in [0.4, 0.5) is 0 Å². The quantitative estimate of drug-likeness (QED) is 0.307. The molecule has 3 nitrogen and oxygen atoms in total. The van der Waals surface area contributed by atoms with Gasteiger partial charge in [0.15, 0.2) is 0 Å². The van der Waals surface area contributed by atoms with Crippen molar-refractivity contribution in [2.24, 2.45) is 5.92 Å². The third-order valence-corrected chi connectivity index (χ3v) is 5.57. The lowest BCUT2D eigenvalue weighted by Gasteiger charge is -2.27. The average Bonchev–Trinajstić information content (AvgIpc) is 2.66. The summed E-state index contributed by atoms with van der Waals surface area (Å²) in [6.07, 6.45) is 15.2. The first-order valence-corrected chi connectivity index (χ1v) is 12.5. The Hall–Kier alpha value is 0.120. The summed E-state index contributed by atoms with van der Waals surface area (Å²) in [4.78, 5) is 0. The fourth-order valence-electron chi connectivity index (χ4n) is 3.37. The van der Waals surface area contributed by atoms with Crippen LogP contribution < -0.4 is 31.2 Å². The first-order chi connectivity index (χ1) is 13.0. The zero-order valence-electron chi connectivity index (χ0n) is 17.5. The van der Waals surface area contributed by atoms with Gasteiger partial charge in [-0.15, -0.1) is 0 Å². The molecule has 0 bridgehead atoms. The molecule has 1 atom stereocenters. The van der Waals surface area contributed by atoms with E-state index in [2.05, 4.69) is 71.3 Å². The molecule has 0 spiro atoms. The first kappa shape index (κ1) is 27.1. The summed E-state index contributed by atoms with van der Waals surface area (Å²) < 4.78 is 12.6. The minimum absolute atomic E-state index is 0.163. The number of hydrogen-bond acceptors (Lipinski definition) is 2. The van der Waals surface area contributed by atoms with Crippen LogP contribution in [0, 0.1) is 5.92 Å². The highest BCUT2D eigenvalue weighted by atomic mass is 127. The minimum atomic E-state index is -1.37. The monoisotopic (exact) mass is 512 g/mol. The van der Waals surface area contributed by atoms with Crippen LogP contribution in [0.2, 0.25) is 0 Å². The van der Waals surface area contributed by atoms with Crippen molar-refractivity contribution in [3.05, 3.63) is 35.9 Å². The van der Waals surface area contributed by atoms with E-state index in [1.54, 1.807) is 0 Å². The molecule has 0 heterocycles. The van der Waals surface area contributed by atoms with E-state index in [-0.39, 0.29) is 5.54 Å². The molecule has 158 valence electrons. The second kappa shape index (κ2) is 18.2. The van der Waals surface area contributed by atoms with E-state index in [4.69, 9.17) is 3.44 Å². The molecule has 1 aromatic carbocycles. The highest BCUT2D eigenvalue weighted by Gasteiger charge is 2.28. The predicted octanol–water partition coefficient (Wildman–Crippen LogP) is 2.22. The first-order valence-electron chi connectivity index (χ1n) is 10.4. The van der Waals surface area contributed by atoms with Gasteiger partial charge in [-0.25, -0.2) is 0 Å². The summed E-state index contributed by atoms with van der Waals surface area (Å²) >= 11 is 3.05. The predicted molar refractivity (Wildman–Crippen MR) is 109 cm³/mol. The molecular formula is C22H40ClINO2+. The van der Waals surface area contributed by atoms with E-state index < -0.39 is 22.0 Å². The van der Waals surface area contributed by atoms with Crippen molar-refractivity contribution in [3.63, 3.8) is 0 Å². The Morgan fingerprint density at radius 1 is 1.00 bits per heavy atom. The molecule has 0 saturated carbocycles. The molecule has 3 N–H and O–H groups in total. The lowest BCUT2D eigenvalue weighted by atomic mass is 9.80. The lowest BCUT2D eigenvalue weighted by Crippen LogP contribution is -3.69. The van der Waals surface area contributed by atoms with Gasteiger partial charge in [0.25, 0.3) is 0 Å². The number of hydrogen-bond donors (Lipinski definition) is 1. The van der Waals surface area contributed by atoms with Gasteiger partial charge in [0.1, 0.15) is 11.9 Å². The normalized spacial score (nSPS) is 12.4. The van der Waals surface area contributed by atoms with Crippen LogP contribution >= 0.6 is 11.9 Å². The second-order valence-electron chi connectivity index (χ2n) is 8.11. The maximum Gasteiger partial charge on any atom is 0.473 e. The SMILES string of the molecule is CCCCCCCCCCCC(Cc1ccccc1)C(C)(C)[NH3+].[O-][I+]OCl. The van der Waals surface area contributed by atoms with E-state index in [1.807, 2.05) is 0 Å². The number of halogens is 2. The zero-order chi connectivity index (χ0) is 20.4. The zero-order valence-corrected chi connectivity index (χ0v) is 20.4. The van der Waals surface area contributed by atoms with Crippen molar-refractivity contribution in [2.45, 2.75) is 96.9 Å². The van der Waals surface area contributed by atoms with Crippen LogP contribution in [0.15, 0.2) is 30.3 Å². The fourth-order valence-corrected chi connectivity index (χ4v) is 3.37. The average molecular weight is 513 g/mol. The molecule has 0 saturated heterocycles. The third-order valence-electron chi connectivity index (χ3n) is 5.11. The minimum Gasteiger partial charge on any atom is -0.566 e. The molecule has 0 aliphatic heterocycles. The van der Waals surface area contributed by atoms with Gasteiger partial charge in [0.05, 0.1) is 5.54 Å². The van der Waals surface area contributed by atoms with Gasteiger partial charge in [0.2, 0.25) is 0 Å². The van der Waals surface area contributed by atoms with E-state index in [0.717, 1.165) is 0 Å². The molecule has 1 aromatic rings. The molecule has 0 aliphatic carbocycles. The molecule has 1 unspecified atom stereocenters. The van der Waals surface area contributed by atoms with Crippen molar-refractivity contribution < 1.29 is 33.8 Å². The molecular weight excluding hydrogens is 473 g/mol. The van der Waals surface area contributed by atoms with E-state index in [0.29, 0.717) is 5.92 Å². The van der Waals surface area contributed by atoms with Crippen molar-refractivity contribution in [1.82, 2.24) is 0 Å². The molecule has 0 aromatic heterocycles. The molecule has 0 aliphatic rings. The Morgan fingerprint density at radius 3 is 1.93 bits per heavy atom. The van der Waals surface area contributed by atoms with E-state index in [9.17, 15) is 0 Å². The molecule has 0 amide bonds. The lowest BCUT2D eigenvalue weighted by molar-refractivity contribution is -1.25. The smallest absolute Gasteiger partial charge is 0.473 e. The Morgan fingerprint density at radius 2 is 1.48 bits per heavy atom. The topological polar surface area (TPSA) is 59.9 Å². The molecule has 0 radical (unpaired) electrons. The van der Waals surface area contributed by atoms with Crippen LogP contribution in [-0.4, -0.2) is 5.54 Å². The van der Waals surface area contributed by atoms with Crippen LogP contribution in [0.5, 0.6) is 0 Å². The van der Waals surface area contributed by atoms with Gasteiger partial charge >= 0.3 is 22.0 Å². The number of rotatable bonds is 14. The largest absolute Gasteiger partial charge is 0.566 e. The maximum atomic E-state index is 9.05. The van der Waals surface area contributed by atoms with Crippen molar-refractivity contribution in [1.29, 1.82) is 0 Å².